The van der Waals surface area contributed by atoms with E-state index in [0.717, 1.165) is 24.1 Å². The third-order valence-corrected chi connectivity index (χ3v) is 4.29. The molecule has 4 nitrogen and oxygen atoms in total. The molecule has 1 N–H and O–H groups in total. The molecule has 20 heavy (non-hydrogen) atoms. The quantitative estimate of drug-likeness (QED) is 0.914. The van der Waals surface area contributed by atoms with E-state index in [2.05, 4.69) is 5.32 Å². The Hall–Kier alpha value is -1.84. The highest BCUT2D eigenvalue weighted by Crippen LogP contribution is 2.30. The number of hydrogen-bond acceptors (Lipinski definition) is 2. The zero-order valence-corrected chi connectivity index (χ0v) is 12.0. The molecule has 1 atom stereocenters. The highest BCUT2D eigenvalue weighted by atomic mass is 16.2. The lowest BCUT2D eigenvalue weighted by Gasteiger charge is -2.20. The van der Waals surface area contributed by atoms with Crippen molar-refractivity contribution in [3.05, 3.63) is 29.3 Å². The van der Waals surface area contributed by atoms with Crippen LogP contribution in [0.15, 0.2) is 18.2 Å². The van der Waals surface area contributed by atoms with E-state index in [1.807, 2.05) is 32.0 Å². The van der Waals surface area contributed by atoms with E-state index in [9.17, 15) is 9.59 Å². The summed E-state index contributed by atoms with van der Waals surface area (Å²) in [5.41, 5.74) is 3.22. The fraction of sp³-hybridized carbons (Fsp3) is 0.500. The molecule has 0 unspecified atom stereocenters. The van der Waals surface area contributed by atoms with Crippen LogP contribution >= 0.6 is 0 Å². The SMILES string of the molecule is Cc1cccc(N2C[C@@H](C(=O)NC3CC3)CC2=O)c1C. The predicted octanol–water partition coefficient (Wildman–Crippen LogP) is 1.93. The van der Waals surface area contributed by atoms with Crippen molar-refractivity contribution >= 4 is 17.5 Å². The Kier molecular flexibility index (Phi) is 3.24. The highest BCUT2D eigenvalue weighted by Gasteiger charge is 2.37. The van der Waals surface area contributed by atoms with Crippen molar-refractivity contribution in [1.29, 1.82) is 0 Å². The van der Waals surface area contributed by atoms with Gasteiger partial charge >= 0.3 is 0 Å². The number of nitrogens with zero attached hydrogens (tertiary/aromatic N) is 1. The Morgan fingerprint density at radius 2 is 2.05 bits per heavy atom. The molecule has 1 aliphatic heterocycles. The minimum Gasteiger partial charge on any atom is -0.353 e. The Balaban J connectivity index is 1.76. The van der Waals surface area contributed by atoms with Gasteiger partial charge in [-0.25, -0.2) is 0 Å². The molecule has 1 saturated heterocycles. The number of rotatable bonds is 3. The van der Waals surface area contributed by atoms with Gasteiger partial charge in [0.1, 0.15) is 0 Å². The molecule has 0 bridgehead atoms. The number of amides is 2. The lowest BCUT2D eigenvalue weighted by molar-refractivity contribution is -0.126. The molecule has 2 amide bonds. The number of anilines is 1. The average molecular weight is 272 g/mol. The van der Waals surface area contributed by atoms with Crippen LogP contribution in [0, 0.1) is 19.8 Å². The van der Waals surface area contributed by atoms with Gasteiger partial charge in [0.25, 0.3) is 0 Å². The Morgan fingerprint density at radius 1 is 1.30 bits per heavy atom. The summed E-state index contributed by atoms with van der Waals surface area (Å²) in [5, 5.41) is 3.00. The first-order valence-electron chi connectivity index (χ1n) is 7.23. The van der Waals surface area contributed by atoms with Gasteiger partial charge in [-0.1, -0.05) is 12.1 Å². The molecule has 0 radical (unpaired) electrons. The second-order valence-corrected chi connectivity index (χ2v) is 5.91. The Labute approximate surface area is 119 Å². The maximum atomic E-state index is 12.2. The van der Waals surface area contributed by atoms with E-state index in [1.54, 1.807) is 4.90 Å². The zero-order valence-electron chi connectivity index (χ0n) is 12.0. The number of nitrogens with one attached hydrogen (secondary N) is 1. The molecular weight excluding hydrogens is 252 g/mol. The summed E-state index contributed by atoms with van der Waals surface area (Å²) < 4.78 is 0. The first kappa shape index (κ1) is 13.2. The normalized spacial score (nSPS) is 22.2. The molecule has 1 heterocycles. The molecule has 2 fully saturated rings. The van der Waals surface area contributed by atoms with Gasteiger partial charge in [0, 0.05) is 24.7 Å². The van der Waals surface area contributed by atoms with Crippen molar-refractivity contribution in [2.24, 2.45) is 5.92 Å². The number of benzene rings is 1. The van der Waals surface area contributed by atoms with Crippen LogP contribution in [-0.2, 0) is 9.59 Å². The van der Waals surface area contributed by atoms with Gasteiger partial charge < -0.3 is 10.2 Å². The fourth-order valence-electron chi connectivity index (χ4n) is 2.69. The Morgan fingerprint density at radius 3 is 2.75 bits per heavy atom. The van der Waals surface area contributed by atoms with E-state index in [4.69, 9.17) is 0 Å². The van der Waals surface area contributed by atoms with Crippen molar-refractivity contribution in [2.75, 3.05) is 11.4 Å². The smallest absolute Gasteiger partial charge is 0.227 e. The fourth-order valence-corrected chi connectivity index (χ4v) is 2.69. The molecule has 4 heteroatoms. The molecule has 1 aromatic rings. The maximum Gasteiger partial charge on any atom is 0.227 e. The lowest BCUT2D eigenvalue weighted by atomic mass is 10.1. The summed E-state index contributed by atoms with van der Waals surface area (Å²) in [5.74, 6) is -0.119. The number of hydrogen-bond donors (Lipinski definition) is 1. The summed E-state index contributed by atoms with van der Waals surface area (Å²) in [6.45, 7) is 4.56. The van der Waals surface area contributed by atoms with Gasteiger partial charge in [0.05, 0.1) is 5.92 Å². The van der Waals surface area contributed by atoms with E-state index in [0.29, 0.717) is 19.0 Å². The van der Waals surface area contributed by atoms with E-state index in [-0.39, 0.29) is 17.7 Å². The highest BCUT2D eigenvalue weighted by molar-refractivity contribution is 6.01. The summed E-state index contributed by atoms with van der Waals surface area (Å²) >= 11 is 0. The zero-order chi connectivity index (χ0) is 14.3. The molecule has 1 saturated carbocycles. The van der Waals surface area contributed by atoms with E-state index < -0.39 is 0 Å². The standard InChI is InChI=1S/C16H20N2O2/c1-10-4-3-5-14(11(10)2)18-9-12(8-15(18)19)16(20)17-13-6-7-13/h3-5,12-13H,6-9H2,1-2H3,(H,17,20)/t12-/m0/s1. The molecule has 0 aromatic heterocycles. The van der Waals surface area contributed by atoms with Gasteiger partial charge in [0.2, 0.25) is 11.8 Å². The minimum absolute atomic E-state index is 0.0358. The third-order valence-electron chi connectivity index (χ3n) is 4.29. The van der Waals surface area contributed by atoms with Crippen LogP contribution in [0.5, 0.6) is 0 Å². The van der Waals surface area contributed by atoms with E-state index >= 15 is 0 Å². The largest absolute Gasteiger partial charge is 0.353 e. The summed E-state index contributed by atoms with van der Waals surface area (Å²) in [6.07, 6.45) is 2.48. The third kappa shape index (κ3) is 2.42. The Bertz CT molecular complexity index is 564. The van der Waals surface area contributed by atoms with Crippen molar-refractivity contribution < 1.29 is 9.59 Å². The number of carbonyl (C=O) groups is 2. The van der Waals surface area contributed by atoms with E-state index in [1.165, 1.54) is 5.56 Å². The first-order valence-corrected chi connectivity index (χ1v) is 7.23. The topological polar surface area (TPSA) is 49.4 Å². The second-order valence-electron chi connectivity index (χ2n) is 5.91. The first-order chi connectivity index (χ1) is 9.56. The van der Waals surface area contributed by atoms with Crippen LogP contribution in [0.1, 0.15) is 30.4 Å². The van der Waals surface area contributed by atoms with Gasteiger partial charge in [-0.05, 0) is 43.9 Å². The van der Waals surface area contributed by atoms with Crippen LogP contribution < -0.4 is 10.2 Å². The summed E-state index contributed by atoms with van der Waals surface area (Å²) in [6, 6.07) is 6.31. The number of aryl methyl sites for hydroxylation is 1. The van der Waals surface area contributed by atoms with Crippen molar-refractivity contribution in [3.8, 4) is 0 Å². The van der Waals surface area contributed by atoms with Crippen LogP contribution in [0.4, 0.5) is 5.69 Å². The van der Waals surface area contributed by atoms with Crippen LogP contribution in [-0.4, -0.2) is 24.4 Å². The molecular formula is C16H20N2O2. The molecule has 2 aliphatic rings. The summed E-state index contributed by atoms with van der Waals surface area (Å²) in [7, 11) is 0. The molecule has 106 valence electrons. The average Bonchev–Trinajstić information content (AvgIpc) is 3.14. The predicted molar refractivity (Wildman–Crippen MR) is 77.5 cm³/mol. The molecule has 0 spiro atoms. The van der Waals surface area contributed by atoms with Gasteiger partial charge in [-0.3, -0.25) is 9.59 Å². The summed E-state index contributed by atoms with van der Waals surface area (Å²) in [4.78, 5) is 26.0. The monoisotopic (exact) mass is 272 g/mol. The van der Waals surface area contributed by atoms with Gasteiger partial charge in [-0.15, -0.1) is 0 Å². The van der Waals surface area contributed by atoms with Gasteiger partial charge in [0.15, 0.2) is 0 Å². The minimum atomic E-state index is -0.206. The molecule has 1 aromatic carbocycles. The van der Waals surface area contributed by atoms with Crippen LogP contribution in [0.3, 0.4) is 0 Å². The lowest BCUT2D eigenvalue weighted by Crippen LogP contribution is -2.34. The van der Waals surface area contributed by atoms with Crippen molar-refractivity contribution in [2.45, 2.75) is 39.2 Å². The second kappa shape index (κ2) is 4.93. The van der Waals surface area contributed by atoms with Crippen molar-refractivity contribution in [3.63, 3.8) is 0 Å². The molecule has 1 aliphatic carbocycles. The van der Waals surface area contributed by atoms with Crippen LogP contribution in [0.2, 0.25) is 0 Å². The molecule has 3 rings (SSSR count). The maximum absolute atomic E-state index is 12.2. The van der Waals surface area contributed by atoms with Gasteiger partial charge in [-0.2, -0.15) is 0 Å². The number of carbonyl (C=O) groups excluding carboxylic acids is 2. The van der Waals surface area contributed by atoms with Crippen LogP contribution in [0.25, 0.3) is 0 Å². The van der Waals surface area contributed by atoms with Crippen molar-refractivity contribution in [1.82, 2.24) is 5.32 Å².